The molecular formula is C19H32FN. The molecule has 0 saturated heterocycles. The molecule has 120 valence electrons. The third-order valence-electron chi connectivity index (χ3n) is 3.92. The zero-order valence-corrected chi connectivity index (χ0v) is 14.0. The normalized spacial score (nSPS) is 12.8. The van der Waals surface area contributed by atoms with Gasteiger partial charge < -0.3 is 5.32 Å². The van der Waals surface area contributed by atoms with E-state index in [0.29, 0.717) is 11.8 Å². The monoisotopic (exact) mass is 293 g/mol. The Hall–Kier alpha value is -0.890. The molecule has 0 aromatic heterocycles. The molecule has 2 heteroatoms. The molecule has 1 aromatic carbocycles. The molecule has 0 spiro atoms. The molecule has 1 N–H and O–H groups in total. The summed E-state index contributed by atoms with van der Waals surface area (Å²) in [5.74, 6) is 1.15. The second-order valence-electron chi connectivity index (χ2n) is 6.56. The van der Waals surface area contributed by atoms with Crippen molar-refractivity contribution in [1.82, 2.24) is 5.32 Å². The molecule has 1 nitrogen and oxygen atoms in total. The second-order valence-corrected chi connectivity index (χ2v) is 6.56. The highest BCUT2D eigenvalue weighted by Crippen LogP contribution is 2.18. The van der Waals surface area contributed by atoms with E-state index in [2.05, 4.69) is 26.1 Å². The summed E-state index contributed by atoms with van der Waals surface area (Å²) in [7, 11) is 0. The molecule has 0 aliphatic heterocycles. The van der Waals surface area contributed by atoms with Crippen molar-refractivity contribution in [3.05, 3.63) is 35.6 Å². The fourth-order valence-electron chi connectivity index (χ4n) is 2.69. The van der Waals surface area contributed by atoms with E-state index in [1.807, 2.05) is 12.1 Å². The van der Waals surface area contributed by atoms with Crippen LogP contribution in [0.15, 0.2) is 24.3 Å². The number of nitrogens with one attached hydrogen (secondary N) is 1. The van der Waals surface area contributed by atoms with E-state index >= 15 is 0 Å². The lowest BCUT2D eigenvalue weighted by atomic mass is 9.93. The summed E-state index contributed by atoms with van der Waals surface area (Å²) < 4.78 is 13.8. The van der Waals surface area contributed by atoms with Crippen LogP contribution in [0, 0.1) is 17.7 Å². The van der Waals surface area contributed by atoms with Crippen molar-refractivity contribution in [3.8, 4) is 0 Å². The van der Waals surface area contributed by atoms with Gasteiger partial charge in [-0.15, -0.1) is 0 Å². The average molecular weight is 293 g/mol. The first kappa shape index (κ1) is 18.2. The predicted molar refractivity (Wildman–Crippen MR) is 90.1 cm³/mol. The number of rotatable bonds is 11. The quantitative estimate of drug-likeness (QED) is 0.553. The molecule has 1 atom stereocenters. The number of hydrogen-bond acceptors (Lipinski definition) is 1. The van der Waals surface area contributed by atoms with Crippen molar-refractivity contribution in [1.29, 1.82) is 0 Å². The van der Waals surface area contributed by atoms with Gasteiger partial charge >= 0.3 is 0 Å². The maximum atomic E-state index is 13.8. The van der Waals surface area contributed by atoms with Crippen molar-refractivity contribution in [3.63, 3.8) is 0 Å². The molecule has 1 rings (SSSR count). The van der Waals surface area contributed by atoms with Gasteiger partial charge in [-0.25, -0.2) is 4.39 Å². The van der Waals surface area contributed by atoms with Gasteiger partial charge in [0.2, 0.25) is 0 Å². The topological polar surface area (TPSA) is 12.0 Å². The summed E-state index contributed by atoms with van der Waals surface area (Å²) in [6.45, 7) is 8.72. The Morgan fingerprint density at radius 1 is 1.05 bits per heavy atom. The summed E-state index contributed by atoms with van der Waals surface area (Å²) in [6.07, 6.45) is 7.18. The maximum Gasteiger partial charge on any atom is 0.126 e. The Bertz CT molecular complexity index is 376. The van der Waals surface area contributed by atoms with Crippen molar-refractivity contribution in [2.24, 2.45) is 11.8 Å². The van der Waals surface area contributed by atoms with Crippen LogP contribution in [-0.2, 0) is 6.42 Å². The number of hydrogen-bond donors (Lipinski definition) is 1. The van der Waals surface area contributed by atoms with Crippen molar-refractivity contribution in [2.45, 2.75) is 59.3 Å². The smallest absolute Gasteiger partial charge is 0.126 e. The van der Waals surface area contributed by atoms with Gasteiger partial charge in [0.25, 0.3) is 0 Å². The van der Waals surface area contributed by atoms with E-state index in [9.17, 15) is 4.39 Å². The van der Waals surface area contributed by atoms with Gasteiger partial charge in [0, 0.05) is 0 Å². The third kappa shape index (κ3) is 8.21. The van der Waals surface area contributed by atoms with Crippen LogP contribution in [0.5, 0.6) is 0 Å². The molecule has 0 aliphatic carbocycles. The molecule has 0 heterocycles. The molecule has 0 amide bonds. The molecule has 0 saturated carbocycles. The Morgan fingerprint density at radius 2 is 1.81 bits per heavy atom. The maximum absolute atomic E-state index is 13.8. The van der Waals surface area contributed by atoms with Gasteiger partial charge in [0.15, 0.2) is 0 Å². The van der Waals surface area contributed by atoms with Crippen molar-refractivity contribution in [2.75, 3.05) is 13.1 Å². The summed E-state index contributed by atoms with van der Waals surface area (Å²) in [5, 5.41) is 3.54. The van der Waals surface area contributed by atoms with Gasteiger partial charge in [-0.2, -0.15) is 0 Å². The van der Waals surface area contributed by atoms with Crippen LogP contribution in [0.1, 0.15) is 58.4 Å². The molecular weight excluding hydrogens is 261 g/mol. The largest absolute Gasteiger partial charge is 0.316 e. The van der Waals surface area contributed by atoms with Gasteiger partial charge in [-0.3, -0.25) is 0 Å². The van der Waals surface area contributed by atoms with Gasteiger partial charge in [0.05, 0.1) is 0 Å². The minimum Gasteiger partial charge on any atom is -0.316 e. The highest BCUT2D eigenvalue weighted by atomic mass is 19.1. The standard InChI is InChI=1S/C19H32FN/c1-4-5-6-7-10-17(15-21-14-16(2)3)13-18-11-8-9-12-19(18)20/h8-9,11-12,16-17,21H,4-7,10,13-15H2,1-3H3. The third-order valence-corrected chi connectivity index (χ3v) is 3.92. The second kappa shape index (κ2) is 10.8. The van der Waals surface area contributed by atoms with Crippen molar-refractivity contribution < 1.29 is 4.39 Å². The molecule has 0 radical (unpaired) electrons. The minimum absolute atomic E-state index is 0.0556. The van der Waals surface area contributed by atoms with E-state index in [1.165, 1.54) is 32.1 Å². The molecule has 0 aliphatic rings. The van der Waals surface area contributed by atoms with Crippen molar-refractivity contribution >= 4 is 0 Å². The Labute approximate surface area is 130 Å². The number of unbranched alkanes of at least 4 members (excludes halogenated alkanes) is 3. The SMILES string of the molecule is CCCCCCC(CNCC(C)C)Cc1ccccc1F. The van der Waals surface area contributed by atoms with Crippen LogP contribution in [-0.4, -0.2) is 13.1 Å². The highest BCUT2D eigenvalue weighted by molar-refractivity contribution is 5.17. The lowest BCUT2D eigenvalue weighted by Gasteiger charge is -2.19. The first-order valence-electron chi connectivity index (χ1n) is 8.57. The first-order chi connectivity index (χ1) is 10.1. The average Bonchev–Trinajstić information content (AvgIpc) is 2.45. The Kier molecular flexibility index (Phi) is 9.32. The van der Waals surface area contributed by atoms with E-state index < -0.39 is 0 Å². The summed E-state index contributed by atoms with van der Waals surface area (Å²) in [6, 6.07) is 7.21. The zero-order chi connectivity index (χ0) is 15.5. The van der Waals surface area contributed by atoms with E-state index in [0.717, 1.165) is 25.1 Å². The Balaban J connectivity index is 2.47. The number of halogens is 1. The lowest BCUT2D eigenvalue weighted by molar-refractivity contribution is 0.402. The zero-order valence-electron chi connectivity index (χ0n) is 14.0. The fourth-order valence-corrected chi connectivity index (χ4v) is 2.69. The van der Waals surface area contributed by atoms with Gasteiger partial charge in [0.1, 0.15) is 5.82 Å². The summed E-state index contributed by atoms with van der Waals surface area (Å²) in [4.78, 5) is 0. The molecule has 21 heavy (non-hydrogen) atoms. The molecule has 0 fully saturated rings. The highest BCUT2D eigenvalue weighted by Gasteiger charge is 2.12. The van der Waals surface area contributed by atoms with Crippen LogP contribution in [0.2, 0.25) is 0 Å². The van der Waals surface area contributed by atoms with Gasteiger partial charge in [-0.05, 0) is 49.4 Å². The van der Waals surface area contributed by atoms with E-state index in [-0.39, 0.29) is 5.82 Å². The predicted octanol–water partition coefficient (Wildman–Crippen LogP) is 5.20. The van der Waals surface area contributed by atoms with Crippen LogP contribution in [0.4, 0.5) is 4.39 Å². The molecule has 1 unspecified atom stereocenters. The summed E-state index contributed by atoms with van der Waals surface area (Å²) >= 11 is 0. The van der Waals surface area contributed by atoms with Gasteiger partial charge in [-0.1, -0.05) is 64.7 Å². The minimum atomic E-state index is -0.0556. The van der Waals surface area contributed by atoms with Crippen LogP contribution in [0.25, 0.3) is 0 Å². The first-order valence-corrected chi connectivity index (χ1v) is 8.57. The Morgan fingerprint density at radius 3 is 2.48 bits per heavy atom. The van der Waals surface area contributed by atoms with E-state index in [1.54, 1.807) is 12.1 Å². The van der Waals surface area contributed by atoms with Crippen LogP contribution in [0.3, 0.4) is 0 Å². The number of benzene rings is 1. The fraction of sp³-hybridized carbons (Fsp3) is 0.684. The summed E-state index contributed by atoms with van der Waals surface area (Å²) in [5.41, 5.74) is 0.865. The van der Waals surface area contributed by atoms with Crippen LogP contribution < -0.4 is 5.32 Å². The molecule has 1 aromatic rings. The molecule has 0 bridgehead atoms. The van der Waals surface area contributed by atoms with Crippen LogP contribution >= 0.6 is 0 Å². The lowest BCUT2D eigenvalue weighted by Crippen LogP contribution is -2.27. The van der Waals surface area contributed by atoms with E-state index in [4.69, 9.17) is 0 Å².